The fourth-order valence-corrected chi connectivity index (χ4v) is 2.75. The summed E-state index contributed by atoms with van der Waals surface area (Å²) in [5.74, 6) is 1.98. The predicted octanol–water partition coefficient (Wildman–Crippen LogP) is 6.29. The van der Waals surface area contributed by atoms with Crippen molar-refractivity contribution in [1.82, 2.24) is 0 Å². The molecule has 21 heavy (non-hydrogen) atoms. The van der Waals surface area contributed by atoms with Gasteiger partial charge in [0, 0.05) is 12.0 Å². The third-order valence-electron chi connectivity index (χ3n) is 4.00. The molecule has 1 rings (SSSR count). The van der Waals surface area contributed by atoms with Crippen LogP contribution in [0.4, 0.5) is 0 Å². The lowest BCUT2D eigenvalue weighted by atomic mass is 9.81. The highest BCUT2D eigenvalue weighted by Crippen LogP contribution is 2.33. The van der Waals surface area contributed by atoms with Crippen molar-refractivity contribution in [3.8, 4) is 0 Å². The number of hydrogen-bond acceptors (Lipinski definition) is 1. The molecule has 0 aliphatic heterocycles. The maximum absolute atomic E-state index is 12.8. The van der Waals surface area contributed by atoms with Crippen LogP contribution in [0.15, 0.2) is 12.1 Å². The summed E-state index contributed by atoms with van der Waals surface area (Å²) in [6.07, 6.45) is 0.639. The van der Waals surface area contributed by atoms with E-state index in [1.807, 2.05) is 0 Å². The second-order valence-corrected chi connectivity index (χ2v) is 7.56. The number of ketones is 1. The average Bonchev–Trinajstić information content (AvgIpc) is 2.35. The molecule has 0 N–H and O–H groups in total. The third-order valence-corrected chi connectivity index (χ3v) is 4.00. The van der Waals surface area contributed by atoms with Gasteiger partial charge >= 0.3 is 0 Å². The smallest absolute Gasteiger partial charge is 0.163 e. The van der Waals surface area contributed by atoms with Crippen LogP contribution in [0.3, 0.4) is 0 Å². The van der Waals surface area contributed by atoms with Crippen LogP contribution in [-0.4, -0.2) is 5.78 Å². The SMILES string of the molecule is CC(C)CC(=O)c1c(C(C)C)cc(C(C)C)cc1C(C)C. The van der Waals surface area contributed by atoms with Gasteiger partial charge in [-0.3, -0.25) is 4.79 Å². The number of hydrogen-bond donors (Lipinski definition) is 0. The van der Waals surface area contributed by atoms with E-state index in [0.29, 0.717) is 35.9 Å². The van der Waals surface area contributed by atoms with E-state index >= 15 is 0 Å². The van der Waals surface area contributed by atoms with Crippen molar-refractivity contribution in [2.45, 2.75) is 79.6 Å². The zero-order chi connectivity index (χ0) is 16.3. The normalized spacial score (nSPS) is 12.0. The van der Waals surface area contributed by atoms with E-state index in [1.165, 1.54) is 16.7 Å². The molecule has 118 valence electrons. The highest BCUT2D eigenvalue weighted by Gasteiger charge is 2.22. The molecular weight excluding hydrogens is 256 g/mol. The second kappa shape index (κ2) is 7.24. The van der Waals surface area contributed by atoms with Gasteiger partial charge in [-0.25, -0.2) is 0 Å². The van der Waals surface area contributed by atoms with Crippen LogP contribution in [0.1, 0.15) is 107 Å². The summed E-state index contributed by atoms with van der Waals surface area (Å²) in [6.45, 7) is 17.4. The number of benzene rings is 1. The summed E-state index contributed by atoms with van der Waals surface area (Å²) in [5.41, 5.74) is 4.81. The molecule has 0 fully saturated rings. The van der Waals surface area contributed by atoms with Crippen molar-refractivity contribution in [3.05, 3.63) is 34.4 Å². The summed E-state index contributed by atoms with van der Waals surface area (Å²) in [4.78, 5) is 12.8. The Kier molecular flexibility index (Phi) is 6.19. The molecule has 0 saturated heterocycles. The standard InChI is InChI=1S/C20H32O/c1-12(2)9-19(21)20-17(14(5)6)10-16(13(3)4)11-18(20)15(7)8/h10-15H,9H2,1-8H3. The fraction of sp³-hybridized carbons (Fsp3) is 0.650. The average molecular weight is 288 g/mol. The minimum Gasteiger partial charge on any atom is -0.294 e. The van der Waals surface area contributed by atoms with E-state index in [1.54, 1.807) is 0 Å². The maximum Gasteiger partial charge on any atom is 0.163 e. The van der Waals surface area contributed by atoms with Gasteiger partial charge in [0.25, 0.3) is 0 Å². The molecule has 0 bridgehead atoms. The van der Waals surface area contributed by atoms with Gasteiger partial charge in [-0.2, -0.15) is 0 Å². The number of carbonyl (C=O) groups excluding carboxylic acids is 1. The lowest BCUT2D eigenvalue weighted by Crippen LogP contribution is -2.13. The van der Waals surface area contributed by atoms with Gasteiger partial charge in [0.2, 0.25) is 0 Å². The van der Waals surface area contributed by atoms with Crippen molar-refractivity contribution in [2.75, 3.05) is 0 Å². The van der Waals surface area contributed by atoms with Crippen LogP contribution >= 0.6 is 0 Å². The summed E-state index contributed by atoms with van der Waals surface area (Å²) in [6, 6.07) is 4.52. The van der Waals surface area contributed by atoms with Crippen molar-refractivity contribution >= 4 is 5.78 Å². The molecule has 0 aliphatic carbocycles. The summed E-state index contributed by atoms with van der Waals surface area (Å²) >= 11 is 0. The van der Waals surface area contributed by atoms with Gasteiger partial charge in [0.1, 0.15) is 0 Å². The highest BCUT2D eigenvalue weighted by atomic mass is 16.1. The van der Waals surface area contributed by atoms with Gasteiger partial charge in [-0.05, 0) is 40.4 Å². The molecular formula is C20H32O. The van der Waals surface area contributed by atoms with Crippen molar-refractivity contribution in [2.24, 2.45) is 5.92 Å². The molecule has 1 nitrogen and oxygen atoms in total. The Balaban J connectivity index is 3.53. The lowest BCUT2D eigenvalue weighted by Gasteiger charge is -2.22. The molecule has 1 aromatic carbocycles. The Labute approximate surface area is 131 Å². The summed E-state index contributed by atoms with van der Waals surface area (Å²) in [7, 11) is 0. The molecule has 0 unspecified atom stereocenters. The monoisotopic (exact) mass is 288 g/mol. The van der Waals surface area contributed by atoms with Gasteiger partial charge in [0.05, 0.1) is 0 Å². The summed E-state index contributed by atoms with van der Waals surface area (Å²) < 4.78 is 0. The van der Waals surface area contributed by atoms with Gasteiger partial charge < -0.3 is 0 Å². The molecule has 0 radical (unpaired) electrons. The Bertz CT molecular complexity index is 464. The van der Waals surface area contributed by atoms with E-state index in [-0.39, 0.29) is 0 Å². The van der Waals surface area contributed by atoms with Crippen LogP contribution < -0.4 is 0 Å². The Morgan fingerprint density at radius 3 is 1.52 bits per heavy atom. The van der Waals surface area contributed by atoms with E-state index in [0.717, 1.165) is 5.56 Å². The zero-order valence-electron chi connectivity index (χ0n) is 15.1. The first-order valence-electron chi connectivity index (χ1n) is 8.36. The predicted molar refractivity (Wildman–Crippen MR) is 92.5 cm³/mol. The van der Waals surface area contributed by atoms with Crippen molar-refractivity contribution in [3.63, 3.8) is 0 Å². The lowest BCUT2D eigenvalue weighted by molar-refractivity contribution is 0.0965. The molecule has 1 aromatic rings. The van der Waals surface area contributed by atoms with Gasteiger partial charge in [-0.15, -0.1) is 0 Å². The first kappa shape index (κ1) is 17.9. The second-order valence-electron chi connectivity index (χ2n) is 7.56. The third kappa shape index (κ3) is 4.43. The Morgan fingerprint density at radius 2 is 1.24 bits per heavy atom. The largest absolute Gasteiger partial charge is 0.294 e. The van der Waals surface area contributed by atoms with E-state index in [9.17, 15) is 4.79 Å². The number of carbonyl (C=O) groups is 1. The van der Waals surface area contributed by atoms with Gasteiger partial charge in [-0.1, -0.05) is 67.5 Å². The van der Waals surface area contributed by atoms with Gasteiger partial charge in [0.15, 0.2) is 5.78 Å². The van der Waals surface area contributed by atoms with Crippen LogP contribution in [0.5, 0.6) is 0 Å². The molecule has 0 aliphatic rings. The molecule has 0 amide bonds. The van der Waals surface area contributed by atoms with E-state index < -0.39 is 0 Å². The molecule has 0 spiro atoms. The number of Topliss-reactive ketones (excluding diaryl/α,β-unsaturated/α-hetero) is 1. The molecule has 0 atom stereocenters. The van der Waals surface area contributed by atoms with Crippen LogP contribution in [-0.2, 0) is 0 Å². The topological polar surface area (TPSA) is 17.1 Å². The van der Waals surface area contributed by atoms with Crippen molar-refractivity contribution in [1.29, 1.82) is 0 Å². The number of rotatable bonds is 6. The van der Waals surface area contributed by atoms with Crippen molar-refractivity contribution < 1.29 is 4.79 Å². The zero-order valence-corrected chi connectivity index (χ0v) is 15.1. The maximum atomic E-state index is 12.8. The molecule has 1 heteroatoms. The van der Waals surface area contributed by atoms with E-state index in [2.05, 4.69) is 67.5 Å². The van der Waals surface area contributed by atoms with E-state index in [4.69, 9.17) is 0 Å². The first-order valence-corrected chi connectivity index (χ1v) is 8.36. The summed E-state index contributed by atoms with van der Waals surface area (Å²) in [5, 5.41) is 0. The quantitative estimate of drug-likeness (QED) is 0.562. The fourth-order valence-electron chi connectivity index (χ4n) is 2.75. The Morgan fingerprint density at radius 1 is 0.810 bits per heavy atom. The molecule has 0 saturated carbocycles. The minimum atomic E-state index is 0.313. The Hall–Kier alpha value is -1.11. The minimum absolute atomic E-state index is 0.313. The highest BCUT2D eigenvalue weighted by molar-refractivity contribution is 5.99. The van der Waals surface area contributed by atoms with Crippen LogP contribution in [0.2, 0.25) is 0 Å². The molecule has 0 aromatic heterocycles. The van der Waals surface area contributed by atoms with Crippen LogP contribution in [0, 0.1) is 5.92 Å². The molecule has 0 heterocycles. The van der Waals surface area contributed by atoms with Crippen LogP contribution in [0.25, 0.3) is 0 Å². The first-order chi connectivity index (χ1) is 9.65.